The Bertz CT molecular complexity index is 360. The van der Waals surface area contributed by atoms with Crippen LogP contribution in [0.2, 0.25) is 0 Å². The summed E-state index contributed by atoms with van der Waals surface area (Å²) in [5, 5.41) is 19.3. The molecule has 0 unspecified atom stereocenters. The first-order valence-electron chi connectivity index (χ1n) is 6.23. The summed E-state index contributed by atoms with van der Waals surface area (Å²) in [6.45, 7) is 5.45. The van der Waals surface area contributed by atoms with E-state index in [1.54, 1.807) is 6.92 Å². The number of benzene rings is 1. The maximum atomic E-state index is 9.90. The van der Waals surface area contributed by atoms with Crippen molar-refractivity contribution in [2.75, 3.05) is 18.0 Å². The Morgan fingerprint density at radius 3 is 2.18 bits per heavy atom. The lowest BCUT2D eigenvalue weighted by molar-refractivity contribution is 0.0351. The fraction of sp³-hybridized carbons (Fsp3) is 0.571. The lowest BCUT2D eigenvalue weighted by Crippen LogP contribution is -2.42. The second-order valence-corrected chi connectivity index (χ2v) is 5.25. The van der Waals surface area contributed by atoms with E-state index in [2.05, 4.69) is 4.90 Å². The summed E-state index contributed by atoms with van der Waals surface area (Å²) in [7, 11) is 0. The number of nitrogens with zero attached hydrogens (tertiary/aromatic N) is 1. The minimum absolute atomic E-state index is 0.411. The molecule has 0 amide bonds. The third-order valence-electron chi connectivity index (χ3n) is 3.58. The van der Waals surface area contributed by atoms with Gasteiger partial charge in [0, 0.05) is 18.8 Å². The normalized spacial score (nSPS) is 21.3. The molecule has 1 aromatic rings. The van der Waals surface area contributed by atoms with Gasteiger partial charge in [0.1, 0.15) is 0 Å². The van der Waals surface area contributed by atoms with Crippen LogP contribution >= 0.6 is 0 Å². The lowest BCUT2D eigenvalue weighted by atomic mass is 9.93. The molecule has 1 heterocycles. The molecule has 0 spiro atoms. The van der Waals surface area contributed by atoms with Crippen LogP contribution in [0.25, 0.3) is 0 Å². The summed E-state index contributed by atoms with van der Waals surface area (Å²) in [6.07, 6.45) is 1.21. The number of aliphatic hydroxyl groups excluding tert-OH is 1. The van der Waals surface area contributed by atoms with E-state index in [9.17, 15) is 10.2 Å². The van der Waals surface area contributed by atoms with Gasteiger partial charge in [0.05, 0.1) is 11.7 Å². The fourth-order valence-electron chi connectivity index (χ4n) is 2.21. The van der Waals surface area contributed by atoms with Gasteiger partial charge in [-0.25, -0.2) is 0 Å². The van der Waals surface area contributed by atoms with Crippen molar-refractivity contribution in [1.82, 2.24) is 0 Å². The van der Waals surface area contributed by atoms with Crippen molar-refractivity contribution in [3.63, 3.8) is 0 Å². The zero-order chi connectivity index (χ0) is 12.5. The molecule has 1 aliphatic rings. The number of piperidine rings is 1. The highest BCUT2D eigenvalue weighted by molar-refractivity contribution is 5.48. The van der Waals surface area contributed by atoms with Crippen LogP contribution in [0.3, 0.4) is 0 Å². The van der Waals surface area contributed by atoms with Crippen molar-refractivity contribution in [2.45, 2.75) is 38.4 Å². The van der Waals surface area contributed by atoms with E-state index >= 15 is 0 Å². The lowest BCUT2D eigenvalue weighted by Gasteiger charge is -2.37. The molecule has 0 bridgehead atoms. The number of hydrogen-bond donors (Lipinski definition) is 2. The van der Waals surface area contributed by atoms with Crippen molar-refractivity contribution in [1.29, 1.82) is 0 Å². The first-order chi connectivity index (χ1) is 7.98. The van der Waals surface area contributed by atoms with Gasteiger partial charge in [-0.1, -0.05) is 12.1 Å². The highest BCUT2D eigenvalue weighted by Gasteiger charge is 2.27. The summed E-state index contributed by atoms with van der Waals surface area (Å²) in [4.78, 5) is 2.28. The Morgan fingerprint density at radius 2 is 1.71 bits per heavy atom. The summed E-state index contributed by atoms with van der Waals surface area (Å²) in [5.41, 5.74) is 1.61. The first kappa shape index (κ1) is 12.4. The largest absolute Gasteiger partial charge is 0.390 e. The van der Waals surface area contributed by atoms with Gasteiger partial charge in [0.25, 0.3) is 0 Å². The van der Waals surface area contributed by atoms with Gasteiger partial charge >= 0.3 is 0 Å². The Balaban J connectivity index is 2.04. The zero-order valence-electron chi connectivity index (χ0n) is 10.6. The summed E-state index contributed by atoms with van der Waals surface area (Å²) < 4.78 is 0. The molecule has 3 nitrogen and oxygen atoms in total. The Labute approximate surface area is 103 Å². The highest BCUT2D eigenvalue weighted by Crippen LogP contribution is 2.26. The van der Waals surface area contributed by atoms with Gasteiger partial charge in [0.15, 0.2) is 0 Å². The Kier molecular flexibility index (Phi) is 3.40. The molecule has 1 saturated heterocycles. The van der Waals surface area contributed by atoms with Crippen LogP contribution in [0, 0.1) is 0 Å². The standard InChI is InChI=1S/C14H21NO2/c1-11(16)12-3-5-13(6-4-12)15-9-7-14(2,17)8-10-15/h3-6,11,16-17H,7-10H2,1-2H3/t11-/m1/s1. The molecule has 1 aromatic carbocycles. The average molecular weight is 235 g/mol. The van der Waals surface area contributed by atoms with Gasteiger partial charge in [0.2, 0.25) is 0 Å². The maximum Gasteiger partial charge on any atom is 0.0761 e. The monoisotopic (exact) mass is 235 g/mol. The maximum absolute atomic E-state index is 9.90. The fourth-order valence-corrected chi connectivity index (χ4v) is 2.21. The smallest absolute Gasteiger partial charge is 0.0761 e. The molecule has 94 valence electrons. The van der Waals surface area contributed by atoms with Crippen molar-refractivity contribution in [2.24, 2.45) is 0 Å². The topological polar surface area (TPSA) is 43.7 Å². The minimum atomic E-state index is -0.504. The number of anilines is 1. The minimum Gasteiger partial charge on any atom is -0.390 e. The molecule has 3 heteroatoms. The Hall–Kier alpha value is -1.06. The van der Waals surface area contributed by atoms with Gasteiger partial charge < -0.3 is 15.1 Å². The van der Waals surface area contributed by atoms with Gasteiger partial charge in [-0.2, -0.15) is 0 Å². The number of hydrogen-bond acceptors (Lipinski definition) is 3. The Morgan fingerprint density at radius 1 is 1.18 bits per heavy atom. The van der Waals surface area contributed by atoms with Gasteiger partial charge in [-0.15, -0.1) is 0 Å². The van der Waals surface area contributed by atoms with E-state index in [4.69, 9.17) is 0 Å². The first-order valence-corrected chi connectivity index (χ1v) is 6.23. The van der Waals surface area contributed by atoms with E-state index in [0.717, 1.165) is 31.5 Å². The molecule has 0 aliphatic carbocycles. The van der Waals surface area contributed by atoms with E-state index in [1.807, 2.05) is 31.2 Å². The van der Waals surface area contributed by atoms with Crippen LogP contribution in [-0.2, 0) is 0 Å². The molecule has 17 heavy (non-hydrogen) atoms. The predicted molar refractivity (Wildman–Crippen MR) is 69.1 cm³/mol. The van der Waals surface area contributed by atoms with Crippen molar-refractivity contribution in [3.8, 4) is 0 Å². The molecule has 0 aromatic heterocycles. The number of aliphatic hydroxyl groups is 2. The summed E-state index contributed by atoms with van der Waals surface area (Å²) in [6, 6.07) is 8.02. The van der Waals surface area contributed by atoms with Gasteiger partial charge in [-0.3, -0.25) is 0 Å². The van der Waals surface area contributed by atoms with Crippen molar-refractivity contribution < 1.29 is 10.2 Å². The zero-order valence-corrected chi connectivity index (χ0v) is 10.6. The van der Waals surface area contributed by atoms with Crippen molar-refractivity contribution in [3.05, 3.63) is 29.8 Å². The van der Waals surface area contributed by atoms with Crippen molar-refractivity contribution >= 4 is 5.69 Å². The van der Waals surface area contributed by atoms with Gasteiger partial charge in [-0.05, 0) is 44.4 Å². The predicted octanol–water partition coefficient (Wildman–Crippen LogP) is 2.09. The van der Waals surface area contributed by atoms with Crippen LogP contribution in [0.15, 0.2) is 24.3 Å². The number of rotatable bonds is 2. The highest BCUT2D eigenvalue weighted by atomic mass is 16.3. The van der Waals surface area contributed by atoms with E-state index in [0.29, 0.717) is 0 Å². The molecule has 1 atom stereocenters. The molecule has 1 fully saturated rings. The molecular formula is C14H21NO2. The van der Waals surface area contributed by atoms with Crippen LogP contribution < -0.4 is 4.90 Å². The molecule has 1 aliphatic heterocycles. The molecule has 0 saturated carbocycles. The van der Waals surface area contributed by atoms with E-state index in [1.165, 1.54) is 5.69 Å². The second-order valence-electron chi connectivity index (χ2n) is 5.25. The van der Waals surface area contributed by atoms with Crippen LogP contribution in [0.1, 0.15) is 38.4 Å². The SMILES string of the molecule is C[C@@H](O)c1ccc(N2CCC(C)(O)CC2)cc1. The van der Waals surface area contributed by atoms with Crippen LogP contribution in [0.5, 0.6) is 0 Å². The second kappa shape index (κ2) is 4.67. The quantitative estimate of drug-likeness (QED) is 0.825. The average Bonchev–Trinajstić information content (AvgIpc) is 2.29. The third kappa shape index (κ3) is 2.99. The van der Waals surface area contributed by atoms with Crippen LogP contribution in [0.4, 0.5) is 5.69 Å². The molecule has 2 rings (SSSR count). The summed E-state index contributed by atoms with van der Waals surface area (Å²) >= 11 is 0. The summed E-state index contributed by atoms with van der Waals surface area (Å²) in [5.74, 6) is 0. The molecular weight excluding hydrogens is 214 g/mol. The van der Waals surface area contributed by atoms with Crippen LogP contribution in [-0.4, -0.2) is 28.9 Å². The third-order valence-corrected chi connectivity index (χ3v) is 3.58. The van der Waals surface area contributed by atoms with E-state index < -0.39 is 11.7 Å². The molecule has 0 radical (unpaired) electrons. The van der Waals surface area contributed by atoms with E-state index in [-0.39, 0.29) is 0 Å². The molecule has 2 N–H and O–H groups in total.